The number of pyridine rings is 3. The van der Waals surface area contributed by atoms with Crippen molar-refractivity contribution in [3.63, 3.8) is 0 Å². The van der Waals surface area contributed by atoms with E-state index in [0.717, 1.165) is 0 Å². The van der Waals surface area contributed by atoms with Gasteiger partial charge in [0, 0.05) is 18.6 Å². The van der Waals surface area contributed by atoms with Crippen LogP contribution in [0.5, 0.6) is 0 Å². The van der Waals surface area contributed by atoms with Crippen molar-refractivity contribution in [2.75, 3.05) is 17.2 Å². The van der Waals surface area contributed by atoms with Crippen molar-refractivity contribution in [3.05, 3.63) is 72.1 Å². The largest absolute Gasteiger partial charge is 0.397 e. The van der Waals surface area contributed by atoms with Gasteiger partial charge in [0.15, 0.2) is 15.3 Å². The fraction of sp³-hybridized carbons (Fsp3) is 0. The van der Waals surface area contributed by atoms with E-state index in [1.165, 1.54) is 18.6 Å². The van der Waals surface area contributed by atoms with Gasteiger partial charge in [-0.1, -0.05) is 0 Å². The van der Waals surface area contributed by atoms with Crippen LogP contribution in [0.3, 0.4) is 0 Å². The van der Waals surface area contributed by atoms with E-state index in [0.29, 0.717) is 34.1 Å². The zero-order valence-electron chi connectivity index (χ0n) is 20.3. The van der Waals surface area contributed by atoms with Crippen molar-refractivity contribution in [1.82, 2.24) is 31.2 Å². The van der Waals surface area contributed by atoms with Crippen molar-refractivity contribution in [2.24, 2.45) is 32.5 Å². The summed E-state index contributed by atoms with van der Waals surface area (Å²) >= 11 is 13.6. The second-order valence-electron chi connectivity index (χ2n) is 6.64. The number of hydrogen-bond acceptors (Lipinski definition) is 12. The van der Waals surface area contributed by atoms with E-state index < -0.39 is 0 Å². The fourth-order valence-electron chi connectivity index (χ4n) is 2.08. The van der Waals surface area contributed by atoms with E-state index in [1.807, 2.05) is 0 Å². The van der Waals surface area contributed by atoms with Gasteiger partial charge in [-0.3, -0.25) is 31.2 Å². The Bertz CT molecular complexity index is 1170. The summed E-state index contributed by atoms with van der Waals surface area (Å²) in [5, 5.41) is 11.5. The first-order valence-corrected chi connectivity index (χ1v) is 11.7. The standard InChI is InChI=1S/3C7H9N5S/c3*8-5-2-1-3-10-6(5)4-11-12-7(9)13/h3*1-4H,8H2,(H3,9,12,13)/b3*11-4+. The van der Waals surface area contributed by atoms with Gasteiger partial charge in [0.05, 0.1) is 35.7 Å². The molecule has 3 aromatic heterocycles. The number of nitrogen functional groups attached to an aromatic ring is 3. The summed E-state index contributed by atoms with van der Waals surface area (Å²) in [6.07, 6.45) is 9.23. The summed E-state index contributed by atoms with van der Waals surface area (Å²) in [6, 6.07) is 10.4. The SMILES string of the molecule is NC(=S)N/N=C/c1ncccc1N.NC(=S)N/N=C/c1ncccc1N.NC(=S)N/N=C/c1ncccc1N. The van der Waals surface area contributed by atoms with Gasteiger partial charge >= 0.3 is 0 Å². The molecule has 3 aromatic rings. The van der Waals surface area contributed by atoms with E-state index in [2.05, 4.69) is 83.2 Å². The summed E-state index contributed by atoms with van der Waals surface area (Å²) in [5.74, 6) is 0. The van der Waals surface area contributed by atoms with E-state index >= 15 is 0 Å². The van der Waals surface area contributed by atoms with Gasteiger partial charge in [-0.15, -0.1) is 0 Å². The van der Waals surface area contributed by atoms with Gasteiger partial charge in [-0.25, -0.2) is 0 Å². The molecule has 0 unspecified atom stereocenters. The summed E-state index contributed by atoms with van der Waals surface area (Å²) in [7, 11) is 0. The number of hydrazone groups is 3. The van der Waals surface area contributed by atoms with Crippen molar-refractivity contribution in [3.8, 4) is 0 Å². The maximum atomic E-state index is 5.59. The van der Waals surface area contributed by atoms with Crippen LogP contribution in [-0.2, 0) is 0 Å². The average molecular weight is 586 g/mol. The zero-order valence-corrected chi connectivity index (χ0v) is 22.7. The third-order valence-electron chi connectivity index (χ3n) is 3.70. The molecule has 0 saturated carbocycles. The third kappa shape index (κ3) is 14.9. The Morgan fingerprint density at radius 1 is 0.564 bits per heavy atom. The lowest BCUT2D eigenvalue weighted by Crippen LogP contribution is -2.24. The first kappa shape index (κ1) is 32.0. The van der Waals surface area contributed by atoms with Crippen LogP contribution in [-0.4, -0.2) is 48.9 Å². The second-order valence-corrected chi connectivity index (χ2v) is 7.96. The van der Waals surface area contributed by atoms with Crippen LogP contribution in [0.15, 0.2) is 70.3 Å². The third-order valence-corrected chi connectivity index (χ3v) is 3.97. The fourth-order valence-corrected chi connectivity index (χ4v) is 2.24. The van der Waals surface area contributed by atoms with E-state index in [4.69, 9.17) is 34.4 Å². The molecule has 0 aliphatic carbocycles. The van der Waals surface area contributed by atoms with E-state index in [1.54, 1.807) is 55.0 Å². The smallest absolute Gasteiger partial charge is 0.184 e. The highest BCUT2D eigenvalue weighted by Crippen LogP contribution is 2.04. The van der Waals surface area contributed by atoms with Gasteiger partial charge in [-0.05, 0) is 73.1 Å². The Balaban J connectivity index is 0.000000292. The molecular formula is C21H27N15S3. The molecule has 3 heterocycles. The van der Waals surface area contributed by atoms with E-state index in [-0.39, 0.29) is 15.3 Å². The number of nitrogens with one attached hydrogen (secondary N) is 3. The van der Waals surface area contributed by atoms with Crippen LogP contribution in [0.25, 0.3) is 0 Å². The average Bonchev–Trinajstić information content (AvgIpc) is 2.88. The lowest BCUT2D eigenvalue weighted by Gasteiger charge is -1.97. The first-order chi connectivity index (χ1) is 18.6. The first-order valence-electron chi connectivity index (χ1n) is 10.5. The highest BCUT2D eigenvalue weighted by Gasteiger charge is 1.95. The quantitative estimate of drug-likeness (QED) is 0.100. The molecule has 18 heteroatoms. The van der Waals surface area contributed by atoms with Gasteiger partial charge in [0.25, 0.3) is 0 Å². The minimum atomic E-state index is 0.103. The molecule has 0 spiro atoms. The molecule has 0 aliphatic rings. The number of nitrogens with zero attached hydrogens (tertiary/aromatic N) is 6. The number of thiocarbonyl (C=S) groups is 3. The Morgan fingerprint density at radius 2 is 0.821 bits per heavy atom. The minimum Gasteiger partial charge on any atom is -0.397 e. The van der Waals surface area contributed by atoms with Gasteiger partial charge in [0.2, 0.25) is 0 Å². The summed E-state index contributed by atoms with van der Waals surface area (Å²) in [4.78, 5) is 11.9. The Hall–Kier alpha value is -5.07. The number of aromatic nitrogens is 3. The molecule has 0 amide bonds. The molecule has 0 fully saturated rings. The molecule has 15 N–H and O–H groups in total. The summed E-state index contributed by atoms with van der Waals surface area (Å²) in [5.41, 5.74) is 42.8. The number of nitrogens with two attached hydrogens (primary N) is 6. The van der Waals surface area contributed by atoms with Crippen molar-refractivity contribution >= 4 is 87.7 Å². The van der Waals surface area contributed by atoms with Crippen LogP contribution >= 0.6 is 36.7 Å². The van der Waals surface area contributed by atoms with E-state index in [9.17, 15) is 0 Å². The van der Waals surface area contributed by atoms with Crippen LogP contribution in [0.1, 0.15) is 17.1 Å². The van der Waals surface area contributed by atoms with Crippen LogP contribution in [0.2, 0.25) is 0 Å². The molecular weight excluding hydrogens is 559 g/mol. The monoisotopic (exact) mass is 585 g/mol. The molecule has 0 aromatic carbocycles. The highest BCUT2D eigenvalue weighted by molar-refractivity contribution is 7.80. The van der Waals surface area contributed by atoms with Crippen LogP contribution < -0.4 is 50.7 Å². The molecule has 0 radical (unpaired) electrons. The lowest BCUT2D eigenvalue weighted by molar-refractivity contribution is 1.04. The van der Waals surface area contributed by atoms with Crippen LogP contribution in [0, 0.1) is 0 Å². The zero-order chi connectivity index (χ0) is 29.0. The van der Waals surface area contributed by atoms with Gasteiger partial charge in [0.1, 0.15) is 17.1 Å². The van der Waals surface area contributed by atoms with Crippen molar-refractivity contribution in [1.29, 1.82) is 0 Å². The Morgan fingerprint density at radius 3 is 1.03 bits per heavy atom. The normalized spacial score (nSPS) is 10.2. The molecule has 0 bridgehead atoms. The van der Waals surface area contributed by atoms with Crippen molar-refractivity contribution < 1.29 is 0 Å². The highest BCUT2D eigenvalue weighted by atomic mass is 32.1. The maximum absolute atomic E-state index is 5.59. The van der Waals surface area contributed by atoms with Gasteiger partial charge in [-0.2, -0.15) is 15.3 Å². The predicted octanol–water partition coefficient (Wildman–Crippen LogP) is -0.507. The minimum absolute atomic E-state index is 0.103. The number of anilines is 3. The summed E-state index contributed by atoms with van der Waals surface area (Å²) in [6.45, 7) is 0. The topological polar surface area (TPSA) is 268 Å². The second kappa shape index (κ2) is 18.2. The van der Waals surface area contributed by atoms with Crippen molar-refractivity contribution in [2.45, 2.75) is 0 Å². The maximum Gasteiger partial charge on any atom is 0.184 e. The number of rotatable bonds is 6. The molecule has 0 aliphatic heterocycles. The Kier molecular flexibility index (Phi) is 14.9. The Labute approximate surface area is 240 Å². The number of hydrogen-bond donors (Lipinski definition) is 9. The summed E-state index contributed by atoms with van der Waals surface area (Å²) < 4.78 is 0. The molecule has 39 heavy (non-hydrogen) atoms. The molecule has 0 saturated heterocycles. The molecule has 0 atom stereocenters. The lowest BCUT2D eigenvalue weighted by atomic mass is 10.3. The van der Waals surface area contributed by atoms with Crippen LogP contribution in [0.4, 0.5) is 17.1 Å². The molecule has 3 rings (SSSR count). The molecule has 15 nitrogen and oxygen atoms in total. The van der Waals surface area contributed by atoms with Gasteiger partial charge < -0.3 is 34.4 Å². The molecule has 204 valence electrons. The predicted molar refractivity (Wildman–Crippen MR) is 168 cm³/mol.